The Labute approximate surface area is 302 Å². The lowest BCUT2D eigenvalue weighted by Crippen LogP contribution is -2.33. The van der Waals surface area contributed by atoms with Gasteiger partial charge in [0.05, 0.1) is 0 Å². The van der Waals surface area contributed by atoms with Crippen molar-refractivity contribution < 1.29 is 0 Å². The summed E-state index contributed by atoms with van der Waals surface area (Å²) in [5.74, 6) is 1.53. The second-order valence-electron chi connectivity index (χ2n) is 13.4. The van der Waals surface area contributed by atoms with E-state index in [1.54, 1.807) is 0 Å². The van der Waals surface area contributed by atoms with Crippen molar-refractivity contribution in [3.63, 3.8) is 0 Å². The molecule has 1 unspecified atom stereocenters. The molecular formula is C49H33N3. The van der Waals surface area contributed by atoms with Gasteiger partial charge in [-0.2, -0.15) is 0 Å². The van der Waals surface area contributed by atoms with E-state index in [2.05, 4.69) is 169 Å². The van der Waals surface area contributed by atoms with Crippen molar-refractivity contribution in [1.29, 1.82) is 0 Å². The number of benzene rings is 9. The van der Waals surface area contributed by atoms with Crippen LogP contribution in [0.3, 0.4) is 0 Å². The van der Waals surface area contributed by atoms with Crippen LogP contribution < -0.4 is 5.32 Å². The number of hydrogen-bond donors (Lipinski definition) is 1. The van der Waals surface area contributed by atoms with Crippen LogP contribution in [0.4, 0.5) is 0 Å². The Morgan fingerprint density at radius 3 is 1.62 bits per heavy atom. The van der Waals surface area contributed by atoms with Crippen molar-refractivity contribution in [1.82, 2.24) is 5.32 Å². The van der Waals surface area contributed by atoms with Crippen molar-refractivity contribution in [2.45, 2.75) is 6.17 Å². The van der Waals surface area contributed by atoms with Crippen LogP contribution in [0.25, 0.3) is 65.3 Å². The molecule has 52 heavy (non-hydrogen) atoms. The van der Waals surface area contributed by atoms with E-state index in [4.69, 9.17) is 9.98 Å². The molecule has 0 bridgehead atoms. The second kappa shape index (κ2) is 12.5. The summed E-state index contributed by atoms with van der Waals surface area (Å²) < 4.78 is 0. The van der Waals surface area contributed by atoms with Crippen LogP contribution >= 0.6 is 0 Å². The molecule has 0 spiro atoms. The molecule has 1 aliphatic heterocycles. The van der Waals surface area contributed by atoms with Gasteiger partial charge in [-0.25, -0.2) is 9.98 Å². The molecule has 1 heterocycles. The van der Waals surface area contributed by atoms with Crippen LogP contribution in [0.1, 0.15) is 22.9 Å². The normalized spacial score (nSPS) is 14.3. The predicted molar refractivity (Wildman–Crippen MR) is 219 cm³/mol. The van der Waals surface area contributed by atoms with E-state index >= 15 is 0 Å². The minimum atomic E-state index is -0.241. The summed E-state index contributed by atoms with van der Waals surface area (Å²) in [6, 6.07) is 67.2. The molecule has 10 rings (SSSR count). The van der Waals surface area contributed by atoms with Crippen molar-refractivity contribution in [3.8, 4) is 22.3 Å². The Bertz CT molecular complexity index is 2820. The molecule has 1 atom stereocenters. The Hall–Kier alpha value is -6.84. The monoisotopic (exact) mass is 663 g/mol. The van der Waals surface area contributed by atoms with Gasteiger partial charge >= 0.3 is 0 Å². The van der Waals surface area contributed by atoms with Gasteiger partial charge in [0.25, 0.3) is 0 Å². The first-order valence-corrected chi connectivity index (χ1v) is 17.8. The van der Waals surface area contributed by atoms with Gasteiger partial charge in [-0.1, -0.05) is 182 Å². The quantitative estimate of drug-likeness (QED) is 0.183. The third-order valence-corrected chi connectivity index (χ3v) is 10.3. The lowest BCUT2D eigenvalue weighted by atomic mass is 9.87. The van der Waals surface area contributed by atoms with E-state index < -0.39 is 0 Å². The van der Waals surface area contributed by atoms with E-state index in [9.17, 15) is 0 Å². The first-order valence-electron chi connectivity index (χ1n) is 17.8. The smallest absolute Gasteiger partial charge is 0.159 e. The van der Waals surface area contributed by atoms with Crippen molar-refractivity contribution in [2.75, 3.05) is 0 Å². The van der Waals surface area contributed by atoms with Crippen molar-refractivity contribution >= 4 is 54.8 Å². The number of rotatable bonds is 5. The van der Waals surface area contributed by atoms with Crippen LogP contribution in [0, 0.1) is 0 Å². The molecule has 1 N–H and O–H groups in total. The second-order valence-corrected chi connectivity index (χ2v) is 13.4. The number of nitrogens with zero attached hydrogens (tertiary/aromatic N) is 2. The highest BCUT2D eigenvalue weighted by molar-refractivity contribution is 6.26. The number of hydrogen-bond acceptors (Lipinski definition) is 3. The SMILES string of the molecule is c1ccc(C2=NC(c3ccc(-c4c(-c5ccc6c7ccccc7c7ccccc7c6c5)ccc5ccccc45)cc3)=NC(c3ccccc3)N2)cc1. The number of amidine groups is 2. The zero-order valence-electron chi connectivity index (χ0n) is 28.4. The van der Waals surface area contributed by atoms with Gasteiger partial charge in [-0.15, -0.1) is 0 Å². The lowest BCUT2D eigenvalue weighted by Gasteiger charge is -2.23. The van der Waals surface area contributed by atoms with Gasteiger partial charge in [0.1, 0.15) is 12.0 Å². The maximum Gasteiger partial charge on any atom is 0.159 e. The van der Waals surface area contributed by atoms with Gasteiger partial charge in [0.2, 0.25) is 0 Å². The molecule has 0 aliphatic carbocycles. The van der Waals surface area contributed by atoms with E-state index in [1.165, 1.54) is 59.8 Å². The highest BCUT2D eigenvalue weighted by atomic mass is 15.2. The topological polar surface area (TPSA) is 36.8 Å². The Morgan fingerprint density at radius 1 is 0.385 bits per heavy atom. The summed E-state index contributed by atoms with van der Waals surface area (Å²) in [4.78, 5) is 10.2. The summed E-state index contributed by atoms with van der Waals surface area (Å²) in [6.07, 6.45) is -0.241. The third-order valence-electron chi connectivity index (χ3n) is 10.3. The molecule has 0 saturated heterocycles. The average molecular weight is 664 g/mol. The largest absolute Gasteiger partial charge is 0.344 e. The summed E-state index contributed by atoms with van der Waals surface area (Å²) in [5, 5.41) is 13.7. The first kappa shape index (κ1) is 30.0. The highest BCUT2D eigenvalue weighted by Crippen LogP contribution is 2.42. The number of fused-ring (bicyclic) bond motifs is 7. The standard InChI is InChI=1S/C49H33N3/c1-3-14-34(15-4-1)47-50-48(35-16-5-2-6-17-35)52-49(51-47)36-25-23-33(24-26-36)46-38-18-8-7-13-32(38)27-29-39(46)37-28-30-44-42-21-10-9-19-40(42)41-20-11-12-22-43(41)45(44)31-37/h1-31,47H,(H,50,51,52). The molecule has 0 amide bonds. The van der Waals surface area contributed by atoms with E-state index in [-0.39, 0.29) is 6.17 Å². The maximum atomic E-state index is 5.11. The molecule has 3 heteroatoms. The number of aliphatic imine (C=N–C) groups is 2. The summed E-state index contributed by atoms with van der Waals surface area (Å²) in [5.41, 5.74) is 7.88. The molecule has 1 aliphatic rings. The molecule has 3 nitrogen and oxygen atoms in total. The molecular weight excluding hydrogens is 631 g/mol. The zero-order chi connectivity index (χ0) is 34.4. The van der Waals surface area contributed by atoms with Gasteiger partial charge < -0.3 is 5.32 Å². The highest BCUT2D eigenvalue weighted by Gasteiger charge is 2.21. The Morgan fingerprint density at radius 2 is 0.923 bits per heavy atom. The zero-order valence-corrected chi connectivity index (χ0v) is 28.4. The molecule has 0 fully saturated rings. The molecule has 244 valence electrons. The third kappa shape index (κ3) is 5.14. The van der Waals surface area contributed by atoms with E-state index in [1.807, 2.05) is 24.3 Å². The van der Waals surface area contributed by atoms with Crippen LogP contribution in [-0.2, 0) is 0 Å². The van der Waals surface area contributed by atoms with Gasteiger partial charge in [0, 0.05) is 11.1 Å². The van der Waals surface area contributed by atoms with Crippen LogP contribution in [0.5, 0.6) is 0 Å². The summed E-state index contributed by atoms with van der Waals surface area (Å²) in [7, 11) is 0. The fourth-order valence-electron chi connectivity index (χ4n) is 7.81. The number of nitrogens with one attached hydrogen (secondary N) is 1. The lowest BCUT2D eigenvalue weighted by molar-refractivity contribution is 0.674. The van der Waals surface area contributed by atoms with Crippen LogP contribution in [-0.4, -0.2) is 11.7 Å². The molecule has 0 radical (unpaired) electrons. The van der Waals surface area contributed by atoms with E-state index in [0.29, 0.717) is 5.84 Å². The first-order chi connectivity index (χ1) is 25.8. The van der Waals surface area contributed by atoms with Gasteiger partial charge in [0.15, 0.2) is 5.84 Å². The fraction of sp³-hybridized carbons (Fsp3) is 0.0204. The molecule has 9 aromatic rings. The summed E-state index contributed by atoms with van der Waals surface area (Å²) in [6.45, 7) is 0. The molecule has 9 aromatic carbocycles. The van der Waals surface area contributed by atoms with Crippen molar-refractivity contribution in [2.24, 2.45) is 9.98 Å². The Kier molecular flexibility index (Phi) is 7.21. The minimum absolute atomic E-state index is 0.241. The Balaban J connectivity index is 1.12. The fourth-order valence-corrected chi connectivity index (χ4v) is 7.81. The maximum absolute atomic E-state index is 5.11. The molecule has 0 saturated carbocycles. The van der Waals surface area contributed by atoms with Crippen molar-refractivity contribution in [3.05, 3.63) is 205 Å². The summed E-state index contributed by atoms with van der Waals surface area (Å²) >= 11 is 0. The van der Waals surface area contributed by atoms with Crippen LogP contribution in [0.15, 0.2) is 198 Å². The van der Waals surface area contributed by atoms with Gasteiger partial charge in [-0.3, -0.25) is 0 Å². The predicted octanol–water partition coefficient (Wildman–Crippen LogP) is 12.1. The minimum Gasteiger partial charge on any atom is -0.344 e. The average Bonchev–Trinajstić information content (AvgIpc) is 3.24. The van der Waals surface area contributed by atoms with Gasteiger partial charge in [-0.05, 0) is 77.0 Å². The van der Waals surface area contributed by atoms with E-state index in [0.717, 1.165) is 28.1 Å². The molecule has 0 aromatic heterocycles. The van der Waals surface area contributed by atoms with Crippen LogP contribution in [0.2, 0.25) is 0 Å².